The second-order valence-electron chi connectivity index (χ2n) is 3.27. The summed E-state index contributed by atoms with van der Waals surface area (Å²) in [5.41, 5.74) is 8.22. The van der Waals surface area contributed by atoms with Crippen molar-refractivity contribution in [2.75, 3.05) is 6.61 Å². The molecule has 0 bridgehead atoms. The van der Waals surface area contributed by atoms with Crippen molar-refractivity contribution in [3.8, 4) is 6.07 Å². The Morgan fingerprint density at radius 3 is 2.86 bits per heavy atom. The first kappa shape index (κ1) is 10.7. The maximum Gasteiger partial charge on any atom is 0.0997 e. The van der Waals surface area contributed by atoms with Gasteiger partial charge in [-0.25, -0.2) is 0 Å². The molecular formula is C11H14N2O. The molecule has 0 radical (unpaired) electrons. The highest BCUT2D eigenvalue weighted by molar-refractivity contribution is 5.45. The first-order chi connectivity index (χ1) is 6.70. The molecule has 0 unspecified atom stereocenters. The average molecular weight is 190 g/mol. The lowest BCUT2D eigenvalue weighted by Crippen LogP contribution is -2.13. The zero-order chi connectivity index (χ0) is 10.6. The minimum absolute atomic E-state index is 0.0416. The topological polar surface area (TPSA) is 70.0 Å². The second-order valence-corrected chi connectivity index (χ2v) is 3.27. The van der Waals surface area contributed by atoms with Crippen molar-refractivity contribution >= 4 is 0 Å². The molecule has 0 saturated carbocycles. The molecule has 0 heterocycles. The molecule has 3 nitrogen and oxygen atoms in total. The van der Waals surface area contributed by atoms with E-state index in [1.165, 1.54) is 0 Å². The number of benzene rings is 1. The van der Waals surface area contributed by atoms with Gasteiger partial charge in [0.1, 0.15) is 0 Å². The van der Waals surface area contributed by atoms with Crippen LogP contribution in [0.4, 0.5) is 0 Å². The van der Waals surface area contributed by atoms with Crippen molar-refractivity contribution in [1.82, 2.24) is 0 Å². The summed E-state index contributed by atoms with van der Waals surface area (Å²) >= 11 is 0. The second kappa shape index (κ2) is 4.75. The van der Waals surface area contributed by atoms with E-state index in [-0.39, 0.29) is 12.6 Å². The molecule has 1 aromatic carbocycles. The third-order valence-electron chi connectivity index (χ3n) is 2.26. The van der Waals surface area contributed by atoms with E-state index in [9.17, 15) is 0 Å². The van der Waals surface area contributed by atoms with Gasteiger partial charge in [-0.15, -0.1) is 0 Å². The minimum Gasteiger partial charge on any atom is -0.396 e. The molecule has 0 aromatic heterocycles. The predicted octanol–water partition coefficient (Wildman–Crippen LogP) is 1.25. The lowest BCUT2D eigenvalue weighted by molar-refractivity contribution is 0.276. The van der Waals surface area contributed by atoms with E-state index in [2.05, 4.69) is 6.07 Å². The van der Waals surface area contributed by atoms with Gasteiger partial charge in [0, 0.05) is 12.6 Å². The van der Waals surface area contributed by atoms with Gasteiger partial charge in [-0.1, -0.05) is 18.2 Å². The third-order valence-corrected chi connectivity index (χ3v) is 2.26. The maximum atomic E-state index is 8.95. The van der Waals surface area contributed by atoms with Crippen LogP contribution in [0.3, 0.4) is 0 Å². The van der Waals surface area contributed by atoms with Crippen LogP contribution < -0.4 is 5.73 Å². The molecule has 14 heavy (non-hydrogen) atoms. The van der Waals surface area contributed by atoms with Crippen LogP contribution in [0.15, 0.2) is 18.2 Å². The van der Waals surface area contributed by atoms with Crippen molar-refractivity contribution in [1.29, 1.82) is 5.26 Å². The van der Waals surface area contributed by atoms with Crippen molar-refractivity contribution in [2.24, 2.45) is 5.73 Å². The first-order valence-corrected chi connectivity index (χ1v) is 4.56. The largest absolute Gasteiger partial charge is 0.396 e. The molecule has 3 heteroatoms. The van der Waals surface area contributed by atoms with Gasteiger partial charge in [0.2, 0.25) is 0 Å². The Bertz CT molecular complexity index is 355. The number of rotatable bonds is 3. The van der Waals surface area contributed by atoms with Gasteiger partial charge in [-0.2, -0.15) is 5.26 Å². The van der Waals surface area contributed by atoms with E-state index >= 15 is 0 Å². The number of hydrogen-bond acceptors (Lipinski definition) is 3. The Morgan fingerprint density at radius 2 is 2.29 bits per heavy atom. The molecule has 0 aliphatic heterocycles. The van der Waals surface area contributed by atoms with Gasteiger partial charge < -0.3 is 10.8 Å². The number of nitriles is 1. The Balaban J connectivity index is 3.08. The fourth-order valence-corrected chi connectivity index (χ4v) is 1.45. The van der Waals surface area contributed by atoms with E-state index < -0.39 is 0 Å². The molecule has 0 aliphatic rings. The number of hydrogen-bond donors (Lipinski definition) is 2. The summed E-state index contributed by atoms with van der Waals surface area (Å²) in [6.45, 7) is 1.92. The minimum atomic E-state index is -0.255. The molecule has 74 valence electrons. The van der Waals surface area contributed by atoms with Crippen LogP contribution in [0.5, 0.6) is 0 Å². The zero-order valence-corrected chi connectivity index (χ0v) is 8.20. The molecule has 0 fully saturated rings. The quantitative estimate of drug-likeness (QED) is 0.753. The van der Waals surface area contributed by atoms with E-state index in [4.69, 9.17) is 16.1 Å². The number of aryl methyl sites for hydroxylation is 1. The smallest absolute Gasteiger partial charge is 0.0997 e. The molecule has 3 N–H and O–H groups in total. The summed E-state index contributed by atoms with van der Waals surface area (Å²) in [6.07, 6.45) is 0.484. The molecular weight excluding hydrogens is 176 g/mol. The summed E-state index contributed by atoms with van der Waals surface area (Å²) in [5.74, 6) is 0. The molecule has 1 aromatic rings. The van der Waals surface area contributed by atoms with E-state index in [0.29, 0.717) is 12.0 Å². The van der Waals surface area contributed by atoms with Crippen LogP contribution in [-0.4, -0.2) is 11.7 Å². The first-order valence-electron chi connectivity index (χ1n) is 4.56. The molecule has 0 amide bonds. The number of aliphatic hydroxyl groups excluding tert-OH is 1. The zero-order valence-electron chi connectivity index (χ0n) is 8.20. The highest BCUT2D eigenvalue weighted by Crippen LogP contribution is 2.20. The Kier molecular flexibility index (Phi) is 3.63. The van der Waals surface area contributed by atoms with E-state index in [0.717, 1.165) is 11.1 Å². The van der Waals surface area contributed by atoms with Gasteiger partial charge in [-0.05, 0) is 24.5 Å². The van der Waals surface area contributed by atoms with E-state index in [1.54, 1.807) is 0 Å². The summed E-state index contributed by atoms with van der Waals surface area (Å²) in [6, 6.07) is 7.49. The third kappa shape index (κ3) is 2.11. The van der Waals surface area contributed by atoms with Crippen LogP contribution in [-0.2, 0) is 0 Å². The maximum absolute atomic E-state index is 8.95. The standard InChI is InChI=1S/C11H14N2O/c1-8-3-2-4-9(10(8)7-12)11(13)5-6-14/h2-4,11,14H,5-6,13H2,1H3/t11-/m0/s1. The van der Waals surface area contributed by atoms with Gasteiger partial charge >= 0.3 is 0 Å². The molecule has 0 saturated heterocycles. The van der Waals surface area contributed by atoms with Crippen LogP contribution >= 0.6 is 0 Å². The molecule has 0 aliphatic carbocycles. The van der Waals surface area contributed by atoms with Gasteiger partial charge in [0.15, 0.2) is 0 Å². The molecule has 1 atom stereocenters. The van der Waals surface area contributed by atoms with Gasteiger partial charge in [0.05, 0.1) is 11.6 Å². The summed E-state index contributed by atoms with van der Waals surface area (Å²) < 4.78 is 0. The number of aliphatic hydroxyl groups is 1. The van der Waals surface area contributed by atoms with Crippen molar-refractivity contribution < 1.29 is 5.11 Å². The van der Waals surface area contributed by atoms with Crippen LogP contribution in [0, 0.1) is 18.3 Å². The summed E-state index contributed by atoms with van der Waals surface area (Å²) in [5, 5.41) is 17.7. The van der Waals surface area contributed by atoms with Crippen molar-refractivity contribution in [3.05, 3.63) is 34.9 Å². The normalized spacial score (nSPS) is 12.1. The number of nitrogens with zero attached hydrogens (tertiary/aromatic N) is 1. The lowest BCUT2D eigenvalue weighted by Gasteiger charge is -2.13. The molecule has 1 rings (SSSR count). The Labute approximate surface area is 83.8 Å². The Hall–Kier alpha value is -1.37. The van der Waals surface area contributed by atoms with Crippen molar-refractivity contribution in [2.45, 2.75) is 19.4 Å². The predicted molar refractivity (Wildman–Crippen MR) is 54.5 cm³/mol. The lowest BCUT2D eigenvalue weighted by atomic mass is 9.96. The summed E-state index contributed by atoms with van der Waals surface area (Å²) in [4.78, 5) is 0. The number of nitrogens with two attached hydrogens (primary N) is 1. The Morgan fingerprint density at radius 1 is 1.57 bits per heavy atom. The highest BCUT2D eigenvalue weighted by Gasteiger charge is 2.11. The van der Waals surface area contributed by atoms with Crippen LogP contribution in [0.2, 0.25) is 0 Å². The fraction of sp³-hybridized carbons (Fsp3) is 0.364. The van der Waals surface area contributed by atoms with Crippen LogP contribution in [0.25, 0.3) is 0 Å². The van der Waals surface area contributed by atoms with Gasteiger partial charge in [-0.3, -0.25) is 0 Å². The van der Waals surface area contributed by atoms with E-state index in [1.807, 2.05) is 25.1 Å². The fourth-order valence-electron chi connectivity index (χ4n) is 1.45. The average Bonchev–Trinajstić information content (AvgIpc) is 2.17. The van der Waals surface area contributed by atoms with Crippen molar-refractivity contribution in [3.63, 3.8) is 0 Å². The monoisotopic (exact) mass is 190 g/mol. The van der Waals surface area contributed by atoms with Crippen LogP contribution in [0.1, 0.15) is 29.2 Å². The SMILES string of the molecule is Cc1cccc([C@@H](N)CCO)c1C#N. The highest BCUT2D eigenvalue weighted by atomic mass is 16.3. The summed E-state index contributed by atoms with van der Waals surface area (Å²) in [7, 11) is 0. The van der Waals surface area contributed by atoms with Gasteiger partial charge in [0.25, 0.3) is 0 Å². The molecule has 0 spiro atoms.